The summed E-state index contributed by atoms with van der Waals surface area (Å²) >= 11 is 6.00. The van der Waals surface area contributed by atoms with Crippen LogP contribution in [-0.2, 0) is 27.5 Å². The van der Waals surface area contributed by atoms with Crippen LogP contribution in [0.25, 0.3) is 0 Å². The van der Waals surface area contributed by atoms with Gasteiger partial charge in [-0.25, -0.2) is 4.79 Å². The van der Waals surface area contributed by atoms with Gasteiger partial charge in [-0.05, 0) is 42.0 Å². The number of nitrogens with zero attached hydrogens (tertiary/aromatic N) is 1. The second kappa shape index (κ2) is 16.1. The molecule has 0 heterocycles. The Hall–Kier alpha value is -3.10. The second-order valence-electron chi connectivity index (χ2n) is 10.3. The summed E-state index contributed by atoms with van der Waals surface area (Å²) in [5.41, 5.74) is 1.77. The average Bonchev–Trinajstić information content (AvgIpc) is 2.94. The van der Waals surface area contributed by atoms with Crippen LogP contribution in [0.5, 0.6) is 0 Å². The van der Waals surface area contributed by atoms with Crippen LogP contribution in [0, 0.1) is 5.92 Å². The predicted molar refractivity (Wildman–Crippen MR) is 151 cm³/mol. The van der Waals surface area contributed by atoms with Crippen LogP contribution in [0.2, 0.25) is 5.02 Å². The van der Waals surface area contributed by atoms with Crippen molar-refractivity contribution in [3.63, 3.8) is 0 Å². The van der Waals surface area contributed by atoms with Gasteiger partial charge in [0, 0.05) is 25.0 Å². The SMILES string of the molecule is CN(Cc1ccccc1)C(=O)CC[C@@H](CO)NC(=O)[C@H](CC1CCCCC1)NC(=O)OCc1cccc(Cl)c1. The van der Waals surface area contributed by atoms with Crippen molar-refractivity contribution < 1.29 is 24.2 Å². The average molecular weight is 558 g/mol. The molecule has 0 spiro atoms. The Morgan fingerprint density at radius 1 is 1.03 bits per heavy atom. The molecule has 3 amide bonds. The van der Waals surface area contributed by atoms with Crippen LogP contribution in [0.3, 0.4) is 0 Å². The van der Waals surface area contributed by atoms with Crippen molar-refractivity contribution >= 4 is 29.5 Å². The predicted octanol–water partition coefficient (Wildman–Crippen LogP) is 4.82. The van der Waals surface area contributed by atoms with Crippen molar-refractivity contribution in [3.8, 4) is 0 Å². The zero-order valence-electron chi connectivity index (χ0n) is 22.6. The zero-order chi connectivity index (χ0) is 28.0. The van der Waals surface area contributed by atoms with Crippen LogP contribution >= 0.6 is 11.6 Å². The van der Waals surface area contributed by atoms with E-state index in [0.29, 0.717) is 23.9 Å². The quantitative estimate of drug-likeness (QED) is 0.327. The third-order valence-corrected chi connectivity index (χ3v) is 7.36. The van der Waals surface area contributed by atoms with Crippen molar-refractivity contribution in [2.75, 3.05) is 13.7 Å². The van der Waals surface area contributed by atoms with Crippen molar-refractivity contribution in [1.29, 1.82) is 0 Å². The molecule has 1 saturated carbocycles. The number of aliphatic hydroxyl groups excluding tert-OH is 1. The Morgan fingerprint density at radius 2 is 1.74 bits per heavy atom. The number of hydrogen-bond donors (Lipinski definition) is 3. The third kappa shape index (κ3) is 10.9. The van der Waals surface area contributed by atoms with Crippen molar-refractivity contribution in [1.82, 2.24) is 15.5 Å². The first-order valence-electron chi connectivity index (χ1n) is 13.7. The van der Waals surface area contributed by atoms with E-state index in [1.807, 2.05) is 30.3 Å². The molecule has 2 aromatic rings. The molecule has 3 rings (SSSR count). The first kappa shape index (κ1) is 30.4. The highest BCUT2D eigenvalue weighted by molar-refractivity contribution is 6.30. The number of benzene rings is 2. The van der Waals surface area contributed by atoms with Gasteiger partial charge >= 0.3 is 6.09 Å². The van der Waals surface area contributed by atoms with E-state index in [1.54, 1.807) is 36.2 Å². The van der Waals surface area contributed by atoms with E-state index in [2.05, 4.69) is 10.6 Å². The lowest BCUT2D eigenvalue weighted by molar-refractivity contribution is -0.131. The van der Waals surface area contributed by atoms with Crippen molar-refractivity contribution in [2.24, 2.45) is 5.92 Å². The molecule has 1 aliphatic rings. The molecule has 2 aromatic carbocycles. The fourth-order valence-corrected chi connectivity index (χ4v) is 5.11. The monoisotopic (exact) mass is 557 g/mol. The Morgan fingerprint density at radius 3 is 2.44 bits per heavy atom. The van der Waals surface area contributed by atoms with Gasteiger partial charge in [-0.3, -0.25) is 9.59 Å². The topological polar surface area (TPSA) is 108 Å². The molecule has 1 fully saturated rings. The summed E-state index contributed by atoms with van der Waals surface area (Å²) in [5, 5.41) is 16.0. The third-order valence-electron chi connectivity index (χ3n) is 7.12. The van der Waals surface area contributed by atoms with Crippen molar-refractivity contribution in [2.45, 2.75) is 76.6 Å². The molecule has 39 heavy (non-hydrogen) atoms. The number of carbonyl (C=O) groups is 3. The van der Waals surface area contributed by atoms with Gasteiger partial charge in [0.15, 0.2) is 0 Å². The normalized spacial score (nSPS) is 15.2. The Kier molecular flexibility index (Phi) is 12.6. The zero-order valence-corrected chi connectivity index (χ0v) is 23.4. The smallest absolute Gasteiger partial charge is 0.408 e. The highest BCUT2D eigenvalue weighted by atomic mass is 35.5. The summed E-state index contributed by atoms with van der Waals surface area (Å²) < 4.78 is 5.35. The minimum atomic E-state index is -0.800. The molecule has 3 N–H and O–H groups in total. The number of rotatable bonds is 13. The number of carbonyl (C=O) groups excluding carboxylic acids is 3. The first-order valence-corrected chi connectivity index (χ1v) is 14.1. The minimum absolute atomic E-state index is 0.0298. The summed E-state index contributed by atoms with van der Waals surface area (Å²) in [6.45, 7) is 0.208. The Balaban J connectivity index is 1.53. The lowest BCUT2D eigenvalue weighted by atomic mass is 9.84. The maximum atomic E-state index is 13.3. The van der Waals surface area contributed by atoms with E-state index in [-0.39, 0.29) is 37.9 Å². The lowest BCUT2D eigenvalue weighted by Crippen LogP contribution is -2.51. The molecule has 2 atom stereocenters. The standard InChI is InChI=1S/C30H40ClN3O5/c1-34(19-23-11-6-3-7-12-23)28(36)16-15-26(20-35)32-29(37)27(18-22-9-4-2-5-10-22)33-30(38)39-21-24-13-8-14-25(31)17-24/h3,6-8,11-14,17,22,26-27,35H,2,4-5,9-10,15-16,18-21H2,1H3,(H,32,37)(H,33,38)/t26-,27-/m0/s1. The summed E-state index contributed by atoms with van der Waals surface area (Å²) in [7, 11) is 1.74. The molecule has 0 radical (unpaired) electrons. The number of alkyl carbamates (subject to hydrolysis) is 1. The molecule has 0 saturated heterocycles. The molecule has 0 aromatic heterocycles. The molecule has 0 aliphatic heterocycles. The van der Waals surface area contributed by atoms with Gasteiger partial charge in [-0.1, -0.05) is 86.2 Å². The van der Waals surface area contributed by atoms with Crippen LogP contribution in [0.4, 0.5) is 4.79 Å². The van der Waals surface area contributed by atoms with E-state index in [4.69, 9.17) is 16.3 Å². The summed E-state index contributed by atoms with van der Waals surface area (Å²) in [5.74, 6) is -0.138. The van der Waals surface area contributed by atoms with E-state index in [9.17, 15) is 19.5 Å². The number of amides is 3. The Bertz CT molecular complexity index is 1060. The number of hydrogen-bond acceptors (Lipinski definition) is 5. The van der Waals surface area contributed by atoms with E-state index in [0.717, 1.165) is 36.8 Å². The highest BCUT2D eigenvalue weighted by Gasteiger charge is 2.28. The number of ether oxygens (including phenoxy) is 1. The summed E-state index contributed by atoms with van der Waals surface area (Å²) in [4.78, 5) is 40.2. The van der Waals surface area contributed by atoms with Crippen LogP contribution < -0.4 is 10.6 Å². The second-order valence-corrected chi connectivity index (χ2v) is 10.7. The van der Waals surface area contributed by atoms with Crippen LogP contribution in [0.15, 0.2) is 54.6 Å². The summed E-state index contributed by atoms with van der Waals surface area (Å²) in [6.07, 6.45) is 5.68. The van der Waals surface area contributed by atoms with E-state index in [1.165, 1.54) is 6.42 Å². The highest BCUT2D eigenvalue weighted by Crippen LogP contribution is 2.27. The van der Waals surface area contributed by atoms with Crippen LogP contribution in [0.1, 0.15) is 62.5 Å². The molecule has 0 bridgehead atoms. The maximum absolute atomic E-state index is 13.3. The number of nitrogens with one attached hydrogen (secondary N) is 2. The number of halogens is 1. The molecular formula is C30H40ClN3O5. The first-order chi connectivity index (χ1) is 18.8. The molecule has 9 heteroatoms. The largest absolute Gasteiger partial charge is 0.445 e. The van der Waals surface area contributed by atoms with Gasteiger partial charge in [0.1, 0.15) is 12.6 Å². The molecule has 0 unspecified atom stereocenters. The minimum Gasteiger partial charge on any atom is -0.445 e. The van der Waals surface area contributed by atoms with Crippen LogP contribution in [-0.4, -0.2) is 53.7 Å². The van der Waals surface area contributed by atoms with Gasteiger partial charge in [-0.2, -0.15) is 0 Å². The Labute approximate surface area is 236 Å². The fourth-order valence-electron chi connectivity index (χ4n) is 4.89. The van der Waals surface area contributed by atoms with E-state index >= 15 is 0 Å². The van der Waals surface area contributed by atoms with E-state index < -0.39 is 18.2 Å². The number of aliphatic hydroxyl groups is 1. The van der Waals surface area contributed by atoms with Gasteiger partial charge in [0.2, 0.25) is 11.8 Å². The lowest BCUT2D eigenvalue weighted by Gasteiger charge is -2.28. The molecular weight excluding hydrogens is 518 g/mol. The molecule has 1 aliphatic carbocycles. The molecule has 212 valence electrons. The fraction of sp³-hybridized carbons (Fsp3) is 0.500. The van der Waals surface area contributed by atoms with Gasteiger partial charge in [-0.15, -0.1) is 0 Å². The summed E-state index contributed by atoms with van der Waals surface area (Å²) in [6, 6.07) is 15.3. The van der Waals surface area contributed by atoms with Gasteiger partial charge < -0.3 is 25.4 Å². The van der Waals surface area contributed by atoms with Crippen molar-refractivity contribution in [3.05, 3.63) is 70.7 Å². The van der Waals surface area contributed by atoms with Gasteiger partial charge in [0.25, 0.3) is 0 Å². The molecule has 8 nitrogen and oxygen atoms in total. The van der Waals surface area contributed by atoms with Gasteiger partial charge in [0.05, 0.1) is 12.6 Å². The maximum Gasteiger partial charge on any atom is 0.408 e.